The minimum absolute atomic E-state index is 1.05. The first-order valence-electron chi connectivity index (χ1n) is 6.54. The zero-order chi connectivity index (χ0) is 15.0. The van der Waals surface area contributed by atoms with Crippen LogP contribution in [0, 0.1) is 13.8 Å². The minimum Gasteiger partial charge on any atom is -0.236 e. The molecule has 106 valence electrons. The van der Waals surface area contributed by atoms with Gasteiger partial charge in [0.25, 0.3) is 0 Å². The van der Waals surface area contributed by atoms with Gasteiger partial charge in [0.05, 0.1) is 5.69 Å². The molecule has 21 heavy (non-hydrogen) atoms. The van der Waals surface area contributed by atoms with Crippen molar-refractivity contribution in [2.24, 2.45) is 0 Å². The van der Waals surface area contributed by atoms with Crippen LogP contribution in [0.3, 0.4) is 0 Å². The number of nitrogens with zero attached hydrogens (tertiary/aromatic N) is 1. The van der Waals surface area contributed by atoms with Gasteiger partial charge in [-0.15, -0.1) is 11.3 Å². The fourth-order valence-corrected chi connectivity index (χ4v) is 4.23. The van der Waals surface area contributed by atoms with Crippen molar-refractivity contribution in [1.29, 1.82) is 0 Å². The summed E-state index contributed by atoms with van der Waals surface area (Å²) in [6.45, 7) is 4.22. The number of hydrogen-bond acceptors (Lipinski definition) is 2. The molecule has 0 unspecified atom stereocenters. The molecule has 1 aromatic heterocycles. The lowest BCUT2D eigenvalue weighted by atomic mass is 10.1. The average Bonchev–Trinajstić information content (AvgIpc) is 2.81. The molecule has 3 rings (SSSR count). The molecule has 1 heterocycles. The van der Waals surface area contributed by atoms with Crippen LogP contribution in [0.5, 0.6) is 0 Å². The monoisotopic (exact) mass is 421 g/mol. The Hall–Kier alpha value is -0.970. The first-order valence-corrected chi connectivity index (χ1v) is 8.95. The van der Waals surface area contributed by atoms with Crippen LogP contribution in [0.15, 0.2) is 51.4 Å². The second kappa shape index (κ2) is 6.03. The molecule has 0 atom stereocenters. The fraction of sp³-hybridized carbons (Fsp3) is 0.118. The van der Waals surface area contributed by atoms with Crippen molar-refractivity contribution in [1.82, 2.24) is 4.98 Å². The third-order valence-electron chi connectivity index (χ3n) is 3.27. The Morgan fingerprint density at radius 2 is 1.67 bits per heavy atom. The average molecular weight is 423 g/mol. The summed E-state index contributed by atoms with van der Waals surface area (Å²) < 4.78 is 2.18. The smallest absolute Gasteiger partial charge is 0.125 e. The molecule has 0 amide bonds. The first kappa shape index (κ1) is 14.9. The molecule has 0 saturated carbocycles. The van der Waals surface area contributed by atoms with Crippen molar-refractivity contribution >= 4 is 43.2 Å². The van der Waals surface area contributed by atoms with Gasteiger partial charge < -0.3 is 0 Å². The van der Waals surface area contributed by atoms with E-state index in [1.807, 2.05) is 0 Å². The van der Waals surface area contributed by atoms with Gasteiger partial charge in [-0.1, -0.05) is 56.1 Å². The summed E-state index contributed by atoms with van der Waals surface area (Å²) in [5, 5.41) is 1.05. The number of hydrogen-bond donors (Lipinski definition) is 0. The van der Waals surface area contributed by atoms with Crippen LogP contribution in [0.25, 0.3) is 21.8 Å². The molecule has 0 aliphatic heterocycles. The van der Waals surface area contributed by atoms with E-state index in [1.54, 1.807) is 11.3 Å². The topological polar surface area (TPSA) is 12.9 Å². The van der Waals surface area contributed by atoms with E-state index >= 15 is 0 Å². The van der Waals surface area contributed by atoms with Crippen molar-refractivity contribution in [2.75, 3.05) is 0 Å². The SMILES string of the molecule is Cc1ccc(-c2nc(-c3ccc(Br)cc3)c(C)s2)c(Br)c1. The molecular formula is C17H13Br2NS. The molecule has 0 radical (unpaired) electrons. The van der Waals surface area contributed by atoms with E-state index in [9.17, 15) is 0 Å². The van der Waals surface area contributed by atoms with E-state index < -0.39 is 0 Å². The van der Waals surface area contributed by atoms with E-state index in [0.717, 1.165) is 30.8 Å². The van der Waals surface area contributed by atoms with Gasteiger partial charge in [-0.25, -0.2) is 4.98 Å². The molecule has 0 spiro atoms. The summed E-state index contributed by atoms with van der Waals surface area (Å²) in [7, 11) is 0. The lowest BCUT2D eigenvalue weighted by molar-refractivity contribution is 1.36. The van der Waals surface area contributed by atoms with Gasteiger partial charge in [0, 0.05) is 24.9 Å². The van der Waals surface area contributed by atoms with Crippen molar-refractivity contribution < 1.29 is 0 Å². The molecule has 0 fully saturated rings. The summed E-state index contributed by atoms with van der Waals surface area (Å²) in [6, 6.07) is 14.7. The van der Waals surface area contributed by atoms with Crippen LogP contribution in [-0.4, -0.2) is 4.98 Å². The van der Waals surface area contributed by atoms with Crippen molar-refractivity contribution in [2.45, 2.75) is 13.8 Å². The van der Waals surface area contributed by atoms with Gasteiger partial charge in [-0.05, 0) is 37.6 Å². The lowest BCUT2D eigenvalue weighted by Crippen LogP contribution is -1.83. The van der Waals surface area contributed by atoms with E-state index in [-0.39, 0.29) is 0 Å². The van der Waals surface area contributed by atoms with Gasteiger partial charge in [0.1, 0.15) is 5.01 Å². The minimum atomic E-state index is 1.05. The van der Waals surface area contributed by atoms with E-state index in [2.05, 4.69) is 88.2 Å². The predicted octanol–water partition coefficient (Wildman–Crippen LogP) is 6.62. The van der Waals surface area contributed by atoms with Gasteiger partial charge in [0.15, 0.2) is 0 Å². The zero-order valence-electron chi connectivity index (χ0n) is 11.7. The maximum absolute atomic E-state index is 4.84. The second-order valence-corrected chi connectivity index (χ2v) is 7.89. The Morgan fingerprint density at radius 3 is 2.33 bits per heavy atom. The maximum Gasteiger partial charge on any atom is 0.125 e. The van der Waals surface area contributed by atoms with Crippen LogP contribution in [0.1, 0.15) is 10.4 Å². The molecule has 2 aromatic carbocycles. The van der Waals surface area contributed by atoms with Gasteiger partial charge in [-0.2, -0.15) is 0 Å². The van der Waals surface area contributed by atoms with E-state index in [4.69, 9.17) is 4.98 Å². The molecule has 0 bridgehead atoms. The Bertz CT molecular complexity index is 791. The third-order valence-corrected chi connectivity index (χ3v) is 5.46. The molecule has 0 N–H and O–H groups in total. The van der Waals surface area contributed by atoms with Gasteiger partial charge in [0.2, 0.25) is 0 Å². The van der Waals surface area contributed by atoms with E-state index in [1.165, 1.54) is 10.4 Å². The number of aryl methyl sites for hydroxylation is 2. The molecular weight excluding hydrogens is 410 g/mol. The van der Waals surface area contributed by atoms with Crippen molar-refractivity contribution in [3.63, 3.8) is 0 Å². The Morgan fingerprint density at radius 1 is 0.952 bits per heavy atom. The number of halogens is 2. The molecule has 0 aliphatic carbocycles. The summed E-state index contributed by atoms with van der Waals surface area (Å²) >= 11 is 8.85. The summed E-state index contributed by atoms with van der Waals surface area (Å²) in [4.78, 5) is 6.08. The van der Waals surface area contributed by atoms with Gasteiger partial charge in [-0.3, -0.25) is 0 Å². The van der Waals surface area contributed by atoms with Crippen LogP contribution < -0.4 is 0 Å². The van der Waals surface area contributed by atoms with Crippen LogP contribution in [0.2, 0.25) is 0 Å². The van der Waals surface area contributed by atoms with Gasteiger partial charge >= 0.3 is 0 Å². The number of thiazole rings is 1. The maximum atomic E-state index is 4.84. The van der Waals surface area contributed by atoms with Crippen LogP contribution in [-0.2, 0) is 0 Å². The Balaban J connectivity index is 2.07. The third kappa shape index (κ3) is 3.12. The van der Waals surface area contributed by atoms with Crippen LogP contribution in [0.4, 0.5) is 0 Å². The lowest BCUT2D eigenvalue weighted by Gasteiger charge is -2.02. The summed E-state index contributed by atoms with van der Waals surface area (Å²) in [5.41, 5.74) is 4.61. The molecule has 0 saturated heterocycles. The second-order valence-electron chi connectivity index (χ2n) is 4.91. The number of benzene rings is 2. The standard InChI is InChI=1S/C17H13Br2NS/c1-10-3-8-14(15(19)9-10)17-20-16(11(2)21-17)12-4-6-13(18)7-5-12/h3-9H,1-2H3. The normalized spacial score (nSPS) is 10.9. The Labute approximate surface area is 145 Å². The number of aromatic nitrogens is 1. The van der Waals surface area contributed by atoms with E-state index in [0.29, 0.717) is 0 Å². The number of rotatable bonds is 2. The molecule has 4 heteroatoms. The summed E-state index contributed by atoms with van der Waals surface area (Å²) in [5.74, 6) is 0. The molecule has 1 nitrogen and oxygen atoms in total. The fourth-order valence-electron chi connectivity index (χ4n) is 2.18. The van der Waals surface area contributed by atoms with Crippen molar-refractivity contribution in [3.8, 4) is 21.8 Å². The highest BCUT2D eigenvalue weighted by Gasteiger charge is 2.13. The first-order chi connectivity index (χ1) is 10.0. The van der Waals surface area contributed by atoms with Crippen LogP contribution >= 0.6 is 43.2 Å². The Kier molecular flexibility index (Phi) is 4.29. The highest BCUT2D eigenvalue weighted by molar-refractivity contribution is 9.10. The van der Waals surface area contributed by atoms with Crippen molar-refractivity contribution in [3.05, 3.63) is 61.9 Å². The predicted molar refractivity (Wildman–Crippen MR) is 97.9 cm³/mol. The quantitative estimate of drug-likeness (QED) is 0.452. The zero-order valence-corrected chi connectivity index (χ0v) is 15.6. The highest BCUT2D eigenvalue weighted by Crippen LogP contribution is 2.37. The largest absolute Gasteiger partial charge is 0.236 e. The summed E-state index contributed by atoms with van der Waals surface area (Å²) in [6.07, 6.45) is 0. The molecule has 3 aromatic rings. The highest BCUT2D eigenvalue weighted by atomic mass is 79.9. The molecule has 0 aliphatic rings.